The summed E-state index contributed by atoms with van der Waals surface area (Å²) in [6, 6.07) is 26.2. The topological polar surface area (TPSA) is 158 Å². The predicted octanol–water partition coefficient (Wildman–Crippen LogP) is 2.86. The number of nitrogens with two attached hydrogens (primary N) is 1. The molecule has 47 heavy (non-hydrogen) atoms. The maximum atomic E-state index is 12.2. The van der Waals surface area contributed by atoms with Crippen LogP contribution >= 0.6 is 0 Å². The van der Waals surface area contributed by atoms with Crippen LogP contribution < -0.4 is 26.1 Å². The molecule has 0 saturated carbocycles. The Hall–Kier alpha value is -4.61. The molecule has 0 bridgehead atoms. The highest BCUT2D eigenvalue weighted by Gasteiger charge is 2.30. The second kappa shape index (κ2) is 17.3. The summed E-state index contributed by atoms with van der Waals surface area (Å²) in [6.07, 6.45) is 1.99. The van der Waals surface area contributed by atoms with Crippen molar-refractivity contribution in [1.82, 2.24) is 0 Å². The van der Waals surface area contributed by atoms with Gasteiger partial charge < -0.3 is 39.7 Å². The van der Waals surface area contributed by atoms with Crippen molar-refractivity contribution in [2.45, 2.75) is 45.3 Å². The fourth-order valence-electron chi connectivity index (χ4n) is 5.34. The van der Waals surface area contributed by atoms with Gasteiger partial charge in [0.1, 0.15) is 17.3 Å². The van der Waals surface area contributed by atoms with Crippen LogP contribution in [0.3, 0.4) is 0 Å². The van der Waals surface area contributed by atoms with E-state index in [9.17, 15) is 19.6 Å². The quantitative estimate of drug-likeness (QED) is 0.150. The van der Waals surface area contributed by atoms with Gasteiger partial charge in [0, 0.05) is 24.9 Å². The molecule has 12 heteroatoms. The number of aryl methyl sites for hydroxylation is 2. The third-order valence-corrected chi connectivity index (χ3v) is 7.82. The van der Waals surface area contributed by atoms with E-state index >= 15 is 0 Å². The Morgan fingerprint density at radius 3 is 1.66 bits per heavy atom. The molecule has 2 aliphatic rings. The van der Waals surface area contributed by atoms with E-state index < -0.39 is 20.2 Å². The number of aliphatic carboxylic acids is 1. The van der Waals surface area contributed by atoms with Crippen molar-refractivity contribution in [3.63, 3.8) is 0 Å². The molecule has 0 amide bonds. The lowest BCUT2D eigenvalue weighted by Crippen LogP contribution is -2.31. The molecule has 0 fully saturated rings. The van der Waals surface area contributed by atoms with Crippen molar-refractivity contribution in [3.8, 4) is 11.5 Å². The first kappa shape index (κ1) is 35.2. The Morgan fingerprint density at radius 1 is 0.723 bits per heavy atom. The average molecular weight is 639 g/mol. The predicted molar refractivity (Wildman–Crippen MR) is 181 cm³/mol. The van der Waals surface area contributed by atoms with Crippen molar-refractivity contribution in [3.05, 3.63) is 113 Å². The minimum absolute atomic E-state index is 0.0726. The Kier molecular flexibility index (Phi) is 13.0. The van der Waals surface area contributed by atoms with Gasteiger partial charge in [-0.2, -0.15) is 0 Å². The molecule has 4 aromatic rings. The second-order valence-electron chi connectivity index (χ2n) is 11.0. The van der Waals surface area contributed by atoms with Gasteiger partial charge in [-0.1, -0.05) is 48.5 Å². The summed E-state index contributed by atoms with van der Waals surface area (Å²) in [6.45, 7) is 0.835. The molecule has 2 aliphatic heterocycles. The molecule has 0 spiro atoms. The number of carbonyl (C=O) groups excluding carboxylic acids is 1. The van der Waals surface area contributed by atoms with Gasteiger partial charge in [0.25, 0.3) is 0 Å². The zero-order chi connectivity index (χ0) is 33.8. The standard InChI is InChI=1S/C18H19BO4.C10H11BO4.C7H9NO/c1-22-17-9-5-13(6-10-17)11-16(20)8-7-14-3-2-4-15-12-23-19(21)18(14)15;12-9(13)5-4-7-2-1-3-8-6-15-11(14)10(7)8;1-9-7-4-2-6(8)3-5-7/h2-6,9-10,21H,7-8,11-12H2,1H3;1-3,14H,4-6H2,(H,12,13);2-5H,8H2,1H3. The van der Waals surface area contributed by atoms with E-state index in [0.717, 1.165) is 55.9 Å². The van der Waals surface area contributed by atoms with Crippen LogP contribution in [0.15, 0.2) is 84.9 Å². The van der Waals surface area contributed by atoms with E-state index in [2.05, 4.69) is 0 Å². The zero-order valence-electron chi connectivity index (χ0n) is 26.6. The largest absolute Gasteiger partial charge is 0.497 e. The number of hydrogen-bond acceptors (Lipinski definition) is 9. The molecular formula is C35H39B2NO9. The highest BCUT2D eigenvalue weighted by molar-refractivity contribution is 6.62. The number of hydrogen-bond donors (Lipinski definition) is 4. The summed E-state index contributed by atoms with van der Waals surface area (Å²) in [5.41, 5.74) is 12.6. The van der Waals surface area contributed by atoms with Gasteiger partial charge in [-0.15, -0.1) is 0 Å². The van der Waals surface area contributed by atoms with Crippen LogP contribution in [-0.2, 0) is 51.4 Å². The van der Waals surface area contributed by atoms with E-state index in [0.29, 0.717) is 38.9 Å². The zero-order valence-corrected chi connectivity index (χ0v) is 26.6. The number of nitrogen functional groups attached to an aromatic ring is 1. The van der Waals surface area contributed by atoms with Crippen LogP contribution in [0.2, 0.25) is 0 Å². The second-order valence-corrected chi connectivity index (χ2v) is 11.0. The smallest absolute Gasteiger partial charge is 0.492 e. The van der Waals surface area contributed by atoms with Gasteiger partial charge >= 0.3 is 20.2 Å². The fourth-order valence-corrected chi connectivity index (χ4v) is 5.34. The number of ether oxygens (including phenoxy) is 2. The third-order valence-electron chi connectivity index (χ3n) is 7.82. The molecule has 0 unspecified atom stereocenters. The Bertz CT molecular complexity index is 1630. The molecule has 10 nitrogen and oxygen atoms in total. The van der Waals surface area contributed by atoms with Crippen LogP contribution in [0.5, 0.6) is 11.5 Å². The van der Waals surface area contributed by atoms with Crippen molar-refractivity contribution in [2.75, 3.05) is 20.0 Å². The molecule has 244 valence electrons. The molecule has 0 saturated heterocycles. The van der Waals surface area contributed by atoms with E-state index in [1.165, 1.54) is 0 Å². The summed E-state index contributed by atoms with van der Waals surface area (Å²) in [5, 5.41) is 28.0. The summed E-state index contributed by atoms with van der Waals surface area (Å²) >= 11 is 0. The maximum Gasteiger partial charge on any atom is 0.492 e. The lowest BCUT2D eigenvalue weighted by molar-refractivity contribution is -0.137. The van der Waals surface area contributed by atoms with Crippen LogP contribution in [0.4, 0.5) is 5.69 Å². The number of carboxylic acids is 1. The van der Waals surface area contributed by atoms with Gasteiger partial charge in [0.2, 0.25) is 0 Å². The van der Waals surface area contributed by atoms with E-state index in [4.69, 9.17) is 29.6 Å². The molecule has 0 atom stereocenters. The molecule has 6 rings (SSSR count). The number of rotatable bonds is 10. The number of benzene rings is 4. The van der Waals surface area contributed by atoms with Crippen LogP contribution in [0.25, 0.3) is 0 Å². The normalized spacial score (nSPS) is 12.6. The minimum Gasteiger partial charge on any atom is -0.497 e. The summed E-state index contributed by atoms with van der Waals surface area (Å²) in [7, 11) is 1.49. The Morgan fingerprint density at radius 2 is 1.19 bits per heavy atom. The highest BCUT2D eigenvalue weighted by Crippen LogP contribution is 2.17. The first-order chi connectivity index (χ1) is 22.7. The average Bonchev–Trinajstić information content (AvgIpc) is 3.66. The van der Waals surface area contributed by atoms with Crippen molar-refractivity contribution in [1.29, 1.82) is 0 Å². The number of anilines is 1. The molecule has 0 aromatic heterocycles. The summed E-state index contributed by atoms with van der Waals surface area (Å²) < 4.78 is 20.4. The van der Waals surface area contributed by atoms with Gasteiger partial charge in [0.15, 0.2) is 0 Å². The molecule has 0 aliphatic carbocycles. The van der Waals surface area contributed by atoms with Gasteiger partial charge in [-0.05, 0) is 88.0 Å². The van der Waals surface area contributed by atoms with E-state index in [1.807, 2.05) is 72.8 Å². The number of fused-ring (bicyclic) bond motifs is 2. The van der Waals surface area contributed by atoms with Gasteiger partial charge in [-0.25, -0.2) is 0 Å². The van der Waals surface area contributed by atoms with E-state index in [-0.39, 0.29) is 12.2 Å². The fraction of sp³-hybridized carbons (Fsp3) is 0.257. The monoisotopic (exact) mass is 639 g/mol. The van der Waals surface area contributed by atoms with Crippen LogP contribution in [-0.4, -0.2) is 55.4 Å². The van der Waals surface area contributed by atoms with Crippen molar-refractivity contribution >= 4 is 42.6 Å². The first-order valence-corrected chi connectivity index (χ1v) is 15.2. The number of Topliss-reactive ketones (excluding diaryl/α,β-unsaturated/α-hetero) is 1. The Labute approximate surface area is 275 Å². The Balaban J connectivity index is 0.000000178. The van der Waals surface area contributed by atoms with Crippen molar-refractivity contribution in [2.24, 2.45) is 0 Å². The number of carbonyl (C=O) groups is 2. The first-order valence-electron chi connectivity index (χ1n) is 15.2. The van der Waals surface area contributed by atoms with Crippen LogP contribution in [0.1, 0.15) is 40.7 Å². The number of methoxy groups -OCH3 is 2. The molecule has 4 aromatic carbocycles. The maximum absolute atomic E-state index is 12.2. The summed E-state index contributed by atoms with van der Waals surface area (Å²) in [4.78, 5) is 22.7. The molecule has 5 N–H and O–H groups in total. The van der Waals surface area contributed by atoms with E-state index in [1.54, 1.807) is 26.4 Å². The lowest BCUT2D eigenvalue weighted by Gasteiger charge is -2.08. The number of carboxylic acid groups (broad SMARTS) is 1. The van der Waals surface area contributed by atoms with Crippen LogP contribution in [0, 0.1) is 0 Å². The molecule has 2 heterocycles. The highest BCUT2D eigenvalue weighted by atomic mass is 16.5. The number of ketones is 1. The molecule has 0 radical (unpaired) electrons. The SMILES string of the molecule is COc1ccc(CC(=O)CCc2cccc3c2B(O)OC3)cc1.COc1ccc(N)cc1.O=C(O)CCc1cccc2c1B(O)OC2. The summed E-state index contributed by atoms with van der Waals surface area (Å²) in [5.74, 6) is 0.974. The molecular weight excluding hydrogens is 600 g/mol. The van der Waals surface area contributed by atoms with Gasteiger partial charge in [-0.3, -0.25) is 9.59 Å². The van der Waals surface area contributed by atoms with Crippen molar-refractivity contribution < 1.29 is 43.5 Å². The minimum atomic E-state index is -0.898. The van der Waals surface area contributed by atoms with Gasteiger partial charge in [0.05, 0.1) is 27.4 Å². The third kappa shape index (κ3) is 10.2. The lowest BCUT2D eigenvalue weighted by atomic mass is 9.75.